The van der Waals surface area contributed by atoms with Crippen molar-refractivity contribution in [2.75, 3.05) is 0 Å². The zero-order valence-corrected chi connectivity index (χ0v) is 15.8. The van der Waals surface area contributed by atoms with Crippen LogP contribution in [0.2, 0.25) is 0 Å². The van der Waals surface area contributed by atoms with Crippen LogP contribution >= 0.6 is 15.9 Å². The monoisotopic (exact) mass is 400 g/mol. The van der Waals surface area contributed by atoms with Crippen LogP contribution in [0.25, 0.3) is 0 Å². The first-order chi connectivity index (χ1) is 12.0. The maximum atomic E-state index is 12.4. The van der Waals surface area contributed by atoms with Gasteiger partial charge in [0.15, 0.2) is 0 Å². The molecule has 3 rings (SSSR count). The summed E-state index contributed by atoms with van der Waals surface area (Å²) < 4.78 is 1.01. The van der Waals surface area contributed by atoms with Gasteiger partial charge in [0.1, 0.15) is 0 Å². The van der Waals surface area contributed by atoms with Crippen molar-refractivity contribution in [1.29, 1.82) is 0 Å². The molecule has 2 amide bonds. The SMILES string of the molecule is CC(NC(=O)CCC(=O)N1Cc2ccccc2C1)c1ccc(Br)cc1. The molecule has 5 heteroatoms. The standard InChI is InChI=1S/C20H21BrN2O2/c1-14(15-6-8-18(21)9-7-15)22-19(24)10-11-20(25)23-12-16-4-2-3-5-17(16)13-23/h2-9,14H,10-13H2,1H3,(H,22,24). The van der Waals surface area contributed by atoms with Crippen molar-refractivity contribution in [2.45, 2.75) is 38.9 Å². The molecule has 1 N–H and O–H groups in total. The summed E-state index contributed by atoms with van der Waals surface area (Å²) in [5.74, 6) is -0.0666. The summed E-state index contributed by atoms with van der Waals surface area (Å²) in [4.78, 5) is 26.3. The predicted octanol–water partition coefficient (Wildman–Crippen LogP) is 3.95. The van der Waals surface area contributed by atoms with E-state index in [0.717, 1.165) is 10.0 Å². The van der Waals surface area contributed by atoms with Crippen molar-refractivity contribution < 1.29 is 9.59 Å². The number of nitrogens with one attached hydrogen (secondary N) is 1. The Morgan fingerprint density at radius 2 is 1.64 bits per heavy atom. The second kappa shape index (κ2) is 7.83. The molecule has 0 aromatic heterocycles. The second-order valence-electron chi connectivity index (χ2n) is 6.36. The molecule has 0 saturated carbocycles. The molecule has 1 atom stereocenters. The van der Waals surface area contributed by atoms with Crippen LogP contribution in [-0.4, -0.2) is 16.7 Å². The van der Waals surface area contributed by atoms with Crippen molar-refractivity contribution in [3.8, 4) is 0 Å². The van der Waals surface area contributed by atoms with Gasteiger partial charge in [0.05, 0.1) is 6.04 Å². The number of carbonyl (C=O) groups is 2. The van der Waals surface area contributed by atoms with Gasteiger partial charge in [0.2, 0.25) is 11.8 Å². The van der Waals surface area contributed by atoms with Crippen LogP contribution in [0.1, 0.15) is 42.5 Å². The fraction of sp³-hybridized carbons (Fsp3) is 0.300. The van der Waals surface area contributed by atoms with Crippen LogP contribution < -0.4 is 5.32 Å². The van der Waals surface area contributed by atoms with Gasteiger partial charge in [-0.25, -0.2) is 0 Å². The number of rotatable bonds is 5. The maximum Gasteiger partial charge on any atom is 0.223 e. The van der Waals surface area contributed by atoms with Gasteiger partial charge in [-0.3, -0.25) is 9.59 Å². The van der Waals surface area contributed by atoms with Crippen LogP contribution in [0.3, 0.4) is 0 Å². The lowest BCUT2D eigenvalue weighted by atomic mass is 10.1. The Bertz CT molecular complexity index is 749. The lowest BCUT2D eigenvalue weighted by molar-refractivity contribution is -0.134. The number of carbonyl (C=O) groups excluding carboxylic acids is 2. The van der Waals surface area contributed by atoms with Crippen LogP contribution in [0.5, 0.6) is 0 Å². The summed E-state index contributed by atoms with van der Waals surface area (Å²) in [6, 6.07) is 15.9. The Morgan fingerprint density at radius 1 is 1.04 bits per heavy atom. The molecule has 4 nitrogen and oxygen atoms in total. The molecule has 0 bridgehead atoms. The minimum absolute atomic E-state index is 0.0302. The molecule has 1 aliphatic rings. The van der Waals surface area contributed by atoms with Crippen molar-refractivity contribution in [1.82, 2.24) is 10.2 Å². The molecule has 2 aromatic rings. The van der Waals surface area contributed by atoms with E-state index in [9.17, 15) is 9.59 Å². The summed E-state index contributed by atoms with van der Waals surface area (Å²) in [5, 5.41) is 2.95. The summed E-state index contributed by atoms with van der Waals surface area (Å²) in [5.41, 5.74) is 3.44. The fourth-order valence-electron chi connectivity index (χ4n) is 3.04. The Morgan fingerprint density at radius 3 is 2.24 bits per heavy atom. The van der Waals surface area contributed by atoms with E-state index in [4.69, 9.17) is 0 Å². The van der Waals surface area contributed by atoms with E-state index in [-0.39, 0.29) is 30.7 Å². The summed E-state index contributed by atoms with van der Waals surface area (Å²) >= 11 is 3.40. The van der Waals surface area contributed by atoms with Gasteiger partial charge in [0.25, 0.3) is 0 Å². The van der Waals surface area contributed by atoms with Gasteiger partial charge in [0, 0.05) is 30.4 Å². The molecular weight excluding hydrogens is 380 g/mol. The average molecular weight is 401 g/mol. The van der Waals surface area contributed by atoms with Gasteiger partial charge in [-0.15, -0.1) is 0 Å². The van der Waals surface area contributed by atoms with E-state index >= 15 is 0 Å². The molecule has 25 heavy (non-hydrogen) atoms. The molecule has 1 heterocycles. The number of fused-ring (bicyclic) bond motifs is 1. The van der Waals surface area contributed by atoms with Crippen LogP contribution in [-0.2, 0) is 22.7 Å². The predicted molar refractivity (Wildman–Crippen MR) is 101 cm³/mol. The highest BCUT2D eigenvalue weighted by Crippen LogP contribution is 2.23. The quantitative estimate of drug-likeness (QED) is 0.825. The lowest BCUT2D eigenvalue weighted by Gasteiger charge is -2.17. The Hall–Kier alpha value is -2.14. The van der Waals surface area contributed by atoms with Crippen LogP contribution in [0.15, 0.2) is 53.0 Å². The van der Waals surface area contributed by atoms with Crippen molar-refractivity contribution >= 4 is 27.7 Å². The highest BCUT2D eigenvalue weighted by molar-refractivity contribution is 9.10. The van der Waals surface area contributed by atoms with E-state index in [2.05, 4.69) is 33.4 Å². The molecule has 0 fully saturated rings. The Balaban J connectivity index is 1.46. The topological polar surface area (TPSA) is 49.4 Å². The number of hydrogen-bond donors (Lipinski definition) is 1. The largest absolute Gasteiger partial charge is 0.350 e. The van der Waals surface area contributed by atoms with Gasteiger partial charge in [-0.2, -0.15) is 0 Å². The summed E-state index contributed by atoms with van der Waals surface area (Å²) in [6.45, 7) is 3.23. The minimum atomic E-state index is -0.0968. The molecule has 0 spiro atoms. The maximum absolute atomic E-state index is 12.4. The third-order valence-electron chi connectivity index (χ3n) is 4.51. The smallest absolute Gasteiger partial charge is 0.223 e. The van der Waals surface area contributed by atoms with Gasteiger partial charge >= 0.3 is 0 Å². The Labute approximate surface area is 156 Å². The minimum Gasteiger partial charge on any atom is -0.350 e. The first-order valence-electron chi connectivity index (χ1n) is 8.42. The Kier molecular flexibility index (Phi) is 5.53. The van der Waals surface area contributed by atoms with Gasteiger partial charge < -0.3 is 10.2 Å². The van der Waals surface area contributed by atoms with E-state index in [1.54, 1.807) is 0 Å². The van der Waals surface area contributed by atoms with Crippen LogP contribution in [0, 0.1) is 0 Å². The third kappa shape index (κ3) is 4.48. The average Bonchev–Trinajstić information content (AvgIpc) is 3.04. The van der Waals surface area contributed by atoms with E-state index in [1.165, 1.54) is 11.1 Å². The van der Waals surface area contributed by atoms with Crippen molar-refractivity contribution in [3.63, 3.8) is 0 Å². The number of benzene rings is 2. The normalized spacial score (nSPS) is 14.1. The molecule has 0 radical (unpaired) electrons. The molecule has 0 aliphatic carbocycles. The molecule has 2 aromatic carbocycles. The highest BCUT2D eigenvalue weighted by Gasteiger charge is 2.23. The number of hydrogen-bond acceptors (Lipinski definition) is 2. The third-order valence-corrected chi connectivity index (χ3v) is 5.04. The summed E-state index contributed by atoms with van der Waals surface area (Å²) in [7, 11) is 0. The molecule has 0 saturated heterocycles. The molecule has 130 valence electrons. The van der Waals surface area contributed by atoms with Crippen molar-refractivity contribution in [3.05, 3.63) is 69.7 Å². The van der Waals surface area contributed by atoms with Crippen LogP contribution in [0.4, 0.5) is 0 Å². The second-order valence-corrected chi connectivity index (χ2v) is 7.27. The van der Waals surface area contributed by atoms with E-state index in [0.29, 0.717) is 13.1 Å². The van der Waals surface area contributed by atoms with E-state index in [1.807, 2.05) is 48.2 Å². The first-order valence-corrected chi connectivity index (χ1v) is 9.21. The van der Waals surface area contributed by atoms with Gasteiger partial charge in [-0.1, -0.05) is 52.3 Å². The lowest BCUT2D eigenvalue weighted by Crippen LogP contribution is -2.30. The van der Waals surface area contributed by atoms with Gasteiger partial charge in [-0.05, 0) is 35.7 Å². The number of halogens is 1. The molecule has 1 unspecified atom stereocenters. The highest BCUT2D eigenvalue weighted by atomic mass is 79.9. The number of amides is 2. The van der Waals surface area contributed by atoms with E-state index < -0.39 is 0 Å². The first kappa shape index (κ1) is 17.7. The zero-order chi connectivity index (χ0) is 17.8. The molecule has 1 aliphatic heterocycles. The number of nitrogens with zero attached hydrogens (tertiary/aromatic N) is 1. The molecular formula is C20H21BrN2O2. The van der Waals surface area contributed by atoms with Crippen molar-refractivity contribution in [2.24, 2.45) is 0 Å². The fourth-order valence-corrected chi connectivity index (χ4v) is 3.30. The summed E-state index contributed by atoms with van der Waals surface area (Å²) in [6.07, 6.45) is 0.458. The zero-order valence-electron chi connectivity index (χ0n) is 14.2.